The summed E-state index contributed by atoms with van der Waals surface area (Å²) >= 11 is 0. The molecule has 4 N–H and O–H groups in total. The summed E-state index contributed by atoms with van der Waals surface area (Å²) in [5.74, 6) is 1.01. The van der Waals surface area contributed by atoms with E-state index >= 15 is 0 Å². The fraction of sp³-hybridized carbons (Fsp3) is 0.500. The molecule has 5 nitrogen and oxygen atoms in total. The lowest BCUT2D eigenvalue weighted by Gasteiger charge is -2.36. The van der Waals surface area contributed by atoms with Gasteiger partial charge in [0.2, 0.25) is 5.91 Å². The number of nitrogens with one attached hydrogen (secondary N) is 2. The van der Waals surface area contributed by atoms with Crippen molar-refractivity contribution in [3.05, 3.63) is 23.9 Å². The maximum absolute atomic E-state index is 12.1. The SMILES string of the molecule is NC1CCC([C@@H]2CC(=O)Nc3cc4[nH]ncc4cc32)CC1. The van der Waals surface area contributed by atoms with E-state index in [0.717, 1.165) is 42.3 Å². The monoisotopic (exact) mass is 284 g/mol. The molecular formula is C16H20N4O. The summed E-state index contributed by atoms with van der Waals surface area (Å²) in [7, 11) is 0. The number of hydrogen-bond acceptors (Lipinski definition) is 3. The second-order valence-electron chi connectivity index (χ2n) is 6.43. The van der Waals surface area contributed by atoms with Crippen LogP contribution in [0.4, 0.5) is 5.69 Å². The molecular weight excluding hydrogens is 264 g/mol. The molecule has 2 heterocycles. The van der Waals surface area contributed by atoms with E-state index in [-0.39, 0.29) is 5.91 Å². The number of carbonyl (C=O) groups is 1. The molecule has 1 aliphatic heterocycles. The first-order valence-corrected chi connectivity index (χ1v) is 7.73. The van der Waals surface area contributed by atoms with Crippen LogP contribution in [0.15, 0.2) is 18.3 Å². The molecule has 1 saturated carbocycles. The highest BCUT2D eigenvalue weighted by molar-refractivity contribution is 5.98. The van der Waals surface area contributed by atoms with Crippen molar-refractivity contribution in [1.82, 2.24) is 10.2 Å². The lowest BCUT2D eigenvalue weighted by molar-refractivity contribution is -0.117. The molecule has 1 aromatic heterocycles. The van der Waals surface area contributed by atoms with Gasteiger partial charge in [-0.05, 0) is 55.2 Å². The number of amides is 1. The fourth-order valence-electron chi connectivity index (χ4n) is 3.90. The molecule has 5 heteroatoms. The van der Waals surface area contributed by atoms with Crippen LogP contribution in [-0.2, 0) is 4.79 Å². The molecule has 1 aliphatic carbocycles. The molecule has 0 unspecified atom stereocenters. The van der Waals surface area contributed by atoms with Gasteiger partial charge in [0.25, 0.3) is 0 Å². The molecule has 1 aromatic carbocycles. The zero-order chi connectivity index (χ0) is 14.4. The van der Waals surface area contributed by atoms with E-state index in [1.54, 1.807) is 0 Å². The summed E-state index contributed by atoms with van der Waals surface area (Å²) in [5, 5.41) is 11.2. The molecule has 110 valence electrons. The lowest BCUT2D eigenvalue weighted by atomic mass is 9.72. The van der Waals surface area contributed by atoms with E-state index in [1.165, 1.54) is 5.56 Å². The van der Waals surface area contributed by atoms with Crippen molar-refractivity contribution in [2.45, 2.75) is 44.1 Å². The van der Waals surface area contributed by atoms with Gasteiger partial charge in [0.15, 0.2) is 0 Å². The van der Waals surface area contributed by atoms with Crippen LogP contribution in [0.25, 0.3) is 10.9 Å². The van der Waals surface area contributed by atoms with Crippen LogP contribution in [-0.4, -0.2) is 22.1 Å². The number of rotatable bonds is 1. The Hall–Kier alpha value is -1.88. The summed E-state index contributed by atoms with van der Waals surface area (Å²) in [4.78, 5) is 12.1. The van der Waals surface area contributed by atoms with Gasteiger partial charge in [-0.2, -0.15) is 5.10 Å². The quantitative estimate of drug-likeness (QED) is 0.752. The molecule has 4 rings (SSSR count). The van der Waals surface area contributed by atoms with E-state index in [4.69, 9.17) is 5.73 Å². The van der Waals surface area contributed by atoms with Gasteiger partial charge < -0.3 is 11.1 Å². The van der Waals surface area contributed by atoms with Crippen molar-refractivity contribution in [3.63, 3.8) is 0 Å². The number of hydrogen-bond donors (Lipinski definition) is 3. The minimum Gasteiger partial charge on any atom is -0.328 e. The maximum Gasteiger partial charge on any atom is 0.225 e. The Kier molecular flexibility index (Phi) is 2.96. The number of nitrogens with two attached hydrogens (primary N) is 1. The highest BCUT2D eigenvalue weighted by atomic mass is 16.1. The van der Waals surface area contributed by atoms with Gasteiger partial charge >= 0.3 is 0 Å². The Labute approximate surface area is 123 Å². The summed E-state index contributed by atoms with van der Waals surface area (Å²) in [6.07, 6.45) is 6.85. The first-order chi connectivity index (χ1) is 10.2. The second-order valence-corrected chi connectivity index (χ2v) is 6.43. The van der Waals surface area contributed by atoms with Gasteiger partial charge in [-0.1, -0.05) is 0 Å². The third kappa shape index (κ3) is 2.21. The molecule has 1 fully saturated rings. The van der Waals surface area contributed by atoms with E-state index < -0.39 is 0 Å². The summed E-state index contributed by atoms with van der Waals surface area (Å²) < 4.78 is 0. The zero-order valence-electron chi connectivity index (χ0n) is 11.9. The van der Waals surface area contributed by atoms with Crippen molar-refractivity contribution in [2.75, 3.05) is 5.32 Å². The topological polar surface area (TPSA) is 83.8 Å². The number of anilines is 1. The van der Waals surface area contributed by atoms with Gasteiger partial charge in [0, 0.05) is 23.5 Å². The Bertz CT molecular complexity index is 685. The van der Waals surface area contributed by atoms with Crippen LogP contribution >= 0.6 is 0 Å². The third-order valence-electron chi connectivity index (χ3n) is 5.07. The van der Waals surface area contributed by atoms with Crippen LogP contribution in [0.3, 0.4) is 0 Å². The average molecular weight is 284 g/mol. The van der Waals surface area contributed by atoms with Crippen molar-refractivity contribution < 1.29 is 4.79 Å². The molecule has 1 atom stereocenters. The highest BCUT2D eigenvalue weighted by Crippen LogP contribution is 2.44. The standard InChI is InChI=1S/C16H20N4O/c17-11-3-1-9(2-4-11)12-6-16(21)19-15-7-14-10(5-13(12)15)8-18-20-14/h5,7-9,11-12H,1-4,6,17H2,(H,18,20)(H,19,21)/t9?,11?,12-/m0/s1. The van der Waals surface area contributed by atoms with E-state index in [0.29, 0.717) is 24.3 Å². The second kappa shape index (κ2) is 4.84. The molecule has 21 heavy (non-hydrogen) atoms. The zero-order valence-corrected chi connectivity index (χ0v) is 11.9. The normalized spacial score (nSPS) is 29.2. The first kappa shape index (κ1) is 12.8. The van der Waals surface area contributed by atoms with Gasteiger partial charge in [0.05, 0.1) is 11.7 Å². The third-order valence-corrected chi connectivity index (χ3v) is 5.07. The number of aromatic amines is 1. The van der Waals surface area contributed by atoms with Gasteiger partial charge in [-0.15, -0.1) is 0 Å². The van der Waals surface area contributed by atoms with Crippen LogP contribution in [0, 0.1) is 5.92 Å². The predicted molar refractivity (Wildman–Crippen MR) is 82.0 cm³/mol. The van der Waals surface area contributed by atoms with Gasteiger partial charge in [-0.25, -0.2) is 0 Å². The molecule has 1 amide bonds. The average Bonchev–Trinajstić information content (AvgIpc) is 2.92. The Morgan fingerprint density at radius 2 is 2.00 bits per heavy atom. The van der Waals surface area contributed by atoms with Crippen molar-refractivity contribution >= 4 is 22.5 Å². The van der Waals surface area contributed by atoms with Crippen molar-refractivity contribution in [3.8, 4) is 0 Å². The number of H-pyrrole nitrogens is 1. The Morgan fingerprint density at radius 1 is 1.19 bits per heavy atom. The van der Waals surface area contributed by atoms with Crippen LogP contribution in [0.1, 0.15) is 43.6 Å². The number of fused-ring (bicyclic) bond motifs is 2. The maximum atomic E-state index is 12.1. The molecule has 2 aromatic rings. The minimum atomic E-state index is 0.126. The summed E-state index contributed by atoms with van der Waals surface area (Å²) in [6, 6.07) is 4.54. The number of nitrogens with zero attached hydrogens (tertiary/aromatic N) is 1. The number of carbonyl (C=O) groups excluding carboxylic acids is 1. The van der Waals surface area contributed by atoms with Crippen LogP contribution in [0.5, 0.6) is 0 Å². The minimum absolute atomic E-state index is 0.126. The van der Waals surface area contributed by atoms with Crippen molar-refractivity contribution in [1.29, 1.82) is 0 Å². The first-order valence-electron chi connectivity index (χ1n) is 7.73. The van der Waals surface area contributed by atoms with E-state index in [2.05, 4.69) is 21.6 Å². The molecule has 0 spiro atoms. The van der Waals surface area contributed by atoms with E-state index in [1.807, 2.05) is 12.3 Å². The summed E-state index contributed by atoms with van der Waals surface area (Å²) in [5.41, 5.74) is 9.20. The predicted octanol–water partition coefficient (Wildman–Crippen LogP) is 2.51. The van der Waals surface area contributed by atoms with E-state index in [9.17, 15) is 4.79 Å². The van der Waals surface area contributed by atoms with Crippen LogP contribution < -0.4 is 11.1 Å². The molecule has 0 bridgehead atoms. The smallest absolute Gasteiger partial charge is 0.225 e. The molecule has 2 aliphatic rings. The van der Waals surface area contributed by atoms with Gasteiger partial charge in [0.1, 0.15) is 0 Å². The molecule has 0 radical (unpaired) electrons. The fourth-order valence-corrected chi connectivity index (χ4v) is 3.90. The molecule has 0 saturated heterocycles. The number of benzene rings is 1. The van der Waals surface area contributed by atoms with Crippen molar-refractivity contribution in [2.24, 2.45) is 11.7 Å². The van der Waals surface area contributed by atoms with Crippen LogP contribution in [0.2, 0.25) is 0 Å². The van der Waals surface area contributed by atoms with Gasteiger partial charge in [-0.3, -0.25) is 9.89 Å². The highest BCUT2D eigenvalue weighted by Gasteiger charge is 2.33. The largest absolute Gasteiger partial charge is 0.328 e. The summed E-state index contributed by atoms with van der Waals surface area (Å²) in [6.45, 7) is 0. The Balaban J connectivity index is 1.73. The Morgan fingerprint density at radius 3 is 2.81 bits per heavy atom. The lowest BCUT2D eigenvalue weighted by Crippen LogP contribution is -2.32. The number of aromatic nitrogens is 2.